The molecule has 1 aliphatic heterocycles. The van der Waals surface area contributed by atoms with Crippen molar-refractivity contribution in [3.8, 4) is 0 Å². The normalized spacial score (nSPS) is 18.5. The van der Waals surface area contributed by atoms with Crippen molar-refractivity contribution in [1.29, 1.82) is 0 Å². The first kappa shape index (κ1) is 14.2. The molecule has 0 saturated carbocycles. The van der Waals surface area contributed by atoms with E-state index < -0.39 is 7.43 Å². The van der Waals surface area contributed by atoms with Crippen LogP contribution < -0.4 is 29.6 Å². The summed E-state index contributed by atoms with van der Waals surface area (Å²) in [6, 6.07) is 0. The molecule has 1 rings (SSSR count). The molecule has 70 valence electrons. The van der Waals surface area contributed by atoms with Crippen molar-refractivity contribution in [2.45, 2.75) is 18.7 Å². The van der Waals surface area contributed by atoms with Crippen molar-refractivity contribution < 1.29 is 34.1 Å². The van der Waals surface area contributed by atoms with Gasteiger partial charge in [0.1, 0.15) is 0 Å². The molecule has 3 nitrogen and oxygen atoms in total. The van der Waals surface area contributed by atoms with E-state index in [0.717, 1.165) is 19.5 Å². The predicted octanol–water partition coefficient (Wildman–Crippen LogP) is -2.72. The molecule has 0 fully saturated rings. The summed E-state index contributed by atoms with van der Waals surface area (Å²) >= 11 is 9.56. The third-order valence-electron chi connectivity index (χ3n) is 1.77. The van der Waals surface area contributed by atoms with Gasteiger partial charge in [-0.15, -0.1) is 7.43 Å². The Morgan fingerprint density at radius 1 is 1.69 bits per heavy atom. The second-order valence-electron chi connectivity index (χ2n) is 2.62. The predicted molar refractivity (Wildman–Crippen MR) is 57.0 cm³/mol. The van der Waals surface area contributed by atoms with Gasteiger partial charge in [0, 0.05) is 6.54 Å². The van der Waals surface area contributed by atoms with E-state index in [9.17, 15) is 4.55 Å². The molecule has 0 spiro atoms. The van der Waals surface area contributed by atoms with Gasteiger partial charge in [0.2, 0.25) is 0 Å². The van der Waals surface area contributed by atoms with Crippen LogP contribution in [0.1, 0.15) is 13.3 Å². The first-order valence-electron chi connectivity index (χ1n) is 3.76. The molecule has 7 heteroatoms. The Morgan fingerprint density at radius 2 is 2.31 bits per heavy atom. The van der Waals surface area contributed by atoms with E-state index in [1.165, 1.54) is 0 Å². The minimum Gasteiger partial charge on any atom is -0.789 e. The van der Waals surface area contributed by atoms with Crippen molar-refractivity contribution in [3.63, 3.8) is 0 Å². The Bertz CT molecular complexity index is 278. The zero-order valence-corrected chi connectivity index (χ0v) is 12.3. The van der Waals surface area contributed by atoms with Crippen LogP contribution in [0.4, 0.5) is 0 Å². The van der Waals surface area contributed by atoms with Gasteiger partial charge >= 0.3 is 29.6 Å². The summed E-state index contributed by atoms with van der Waals surface area (Å²) in [5, 5.41) is -0.200. The average molecular weight is 246 g/mol. The Hall–Kier alpha value is 1.22. The zero-order valence-electron chi connectivity index (χ0n) is 7.80. The van der Waals surface area contributed by atoms with E-state index in [2.05, 4.69) is 4.99 Å². The molecular weight excluding hydrogens is 235 g/mol. The van der Waals surface area contributed by atoms with Gasteiger partial charge < -0.3 is 9.45 Å². The van der Waals surface area contributed by atoms with Crippen LogP contribution in [0, 0.1) is 0 Å². The van der Waals surface area contributed by atoms with Gasteiger partial charge in [0.15, 0.2) is 0 Å². The SMILES string of the molecule is CCC(N1C=NCC1)S([O-])(=S)=S.[Na+]. The topological polar surface area (TPSA) is 38.7 Å². The van der Waals surface area contributed by atoms with E-state index in [1.54, 1.807) is 6.34 Å². The largest absolute Gasteiger partial charge is 1.00 e. The van der Waals surface area contributed by atoms with Crippen LogP contribution in [0.25, 0.3) is 0 Å². The van der Waals surface area contributed by atoms with E-state index in [4.69, 9.17) is 22.4 Å². The summed E-state index contributed by atoms with van der Waals surface area (Å²) in [7, 11) is -2.55. The van der Waals surface area contributed by atoms with Crippen LogP contribution in [-0.4, -0.2) is 34.3 Å². The first-order chi connectivity index (χ1) is 5.55. The van der Waals surface area contributed by atoms with E-state index in [0.29, 0.717) is 0 Å². The molecule has 1 aliphatic rings. The maximum atomic E-state index is 11.4. The molecule has 1 atom stereocenters. The summed E-state index contributed by atoms with van der Waals surface area (Å²) in [5.74, 6) is 0. The molecule has 13 heavy (non-hydrogen) atoms. The Kier molecular flexibility index (Phi) is 6.50. The molecule has 0 amide bonds. The number of aliphatic imine (C=N–C) groups is 1. The molecular formula is C6H11N2NaOS3. The first-order valence-corrected chi connectivity index (χ1v) is 7.23. The Balaban J connectivity index is 0.00000144. The molecule has 1 unspecified atom stereocenters. The number of hydrogen-bond acceptors (Lipinski definition) is 5. The summed E-state index contributed by atoms with van der Waals surface area (Å²) < 4.78 is 11.4. The van der Waals surface area contributed by atoms with Gasteiger partial charge in [-0.1, -0.05) is 29.3 Å². The summed E-state index contributed by atoms with van der Waals surface area (Å²) in [4.78, 5) is 5.92. The van der Waals surface area contributed by atoms with Gasteiger partial charge in [-0.3, -0.25) is 4.99 Å². The summed E-state index contributed by atoms with van der Waals surface area (Å²) in [5.41, 5.74) is 0. The second-order valence-corrected chi connectivity index (χ2v) is 7.75. The molecule has 0 N–H and O–H groups in total. The molecule has 0 bridgehead atoms. The Labute approximate surface area is 111 Å². The van der Waals surface area contributed by atoms with Crippen LogP contribution in [0.2, 0.25) is 0 Å². The van der Waals surface area contributed by atoms with Crippen LogP contribution in [-0.2, 0) is 29.8 Å². The van der Waals surface area contributed by atoms with E-state index >= 15 is 0 Å². The van der Waals surface area contributed by atoms with Gasteiger partial charge in [-0.2, -0.15) is 0 Å². The monoisotopic (exact) mass is 246 g/mol. The van der Waals surface area contributed by atoms with Gasteiger partial charge in [0.25, 0.3) is 0 Å². The van der Waals surface area contributed by atoms with Gasteiger partial charge in [-0.25, -0.2) is 0 Å². The fraction of sp³-hybridized carbons (Fsp3) is 0.833. The van der Waals surface area contributed by atoms with Gasteiger partial charge in [-0.05, 0) is 6.42 Å². The molecule has 0 aromatic carbocycles. The average Bonchev–Trinajstić information content (AvgIpc) is 2.38. The maximum absolute atomic E-state index is 11.4. The third kappa shape index (κ3) is 4.07. The van der Waals surface area contributed by atoms with Crippen molar-refractivity contribution in [2.24, 2.45) is 4.99 Å². The van der Waals surface area contributed by atoms with Gasteiger partial charge in [0.05, 0.1) is 18.3 Å². The minimum atomic E-state index is -2.55. The maximum Gasteiger partial charge on any atom is 1.00 e. The number of rotatable bonds is 3. The molecule has 0 saturated heterocycles. The van der Waals surface area contributed by atoms with Crippen LogP contribution in [0.5, 0.6) is 0 Å². The van der Waals surface area contributed by atoms with Crippen molar-refractivity contribution in [1.82, 2.24) is 4.90 Å². The van der Waals surface area contributed by atoms with E-state index in [1.807, 2.05) is 11.8 Å². The van der Waals surface area contributed by atoms with Crippen LogP contribution in [0.3, 0.4) is 0 Å². The number of hydrogen-bond donors (Lipinski definition) is 0. The molecule has 0 aromatic heterocycles. The smallest absolute Gasteiger partial charge is 0.789 e. The zero-order chi connectivity index (χ0) is 9.19. The summed E-state index contributed by atoms with van der Waals surface area (Å²) in [6.45, 7) is 3.49. The number of nitrogens with zero attached hydrogens (tertiary/aromatic N) is 2. The van der Waals surface area contributed by atoms with Crippen LogP contribution in [0.15, 0.2) is 4.99 Å². The third-order valence-corrected chi connectivity index (χ3v) is 4.37. The summed E-state index contributed by atoms with van der Waals surface area (Å²) in [6.07, 6.45) is 2.42. The fourth-order valence-electron chi connectivity index (χ4n) is 1.22. The van der Waals surface area contributed by atoms with Crippen molar-refractivity contribution >= 4 is 36.1 Å². The van der Waals surface area contributed by atoms with Crippen molar-refractivity contribution in [2.75, 3.05) is 13.1 Å². The fourth-order valence-corrected chi connectivity index (χ4v) is 3.60. The Morgan fingerprint density at radius 3 is 2.62 bits per heavy atom. The quantitative estimate of drug-likeness (QED) is 0.507. The minimum absolute atomic E-state index is 0. The molecule has 0 aromatic rings. The molecule has 1 heterocycles. The van der Waals surface area contributed by atoms with Crippen LogP contribution >= 0.6 is 0 Å². The standard InChI is InChI=1S/C6H12N2OS3.Na/c1-2-6(12(9,10)11)8-4-3-7-5-8;/h5-6H,2-4H2,1H3,(H,9,10,11);/q;+1/p-1. The molecule has 0 aliphatic carbocycles. The second kappa shape index (κ2) is 5.95. The van der Waals surface area contributed by atoms with E-state index in [-0.39, 0.29) is 34.9 Å². The van der Waals surface area contributed by atoms with Crippen molar-refractivity contribution in [3.05, 3.63) is 0 Å². The molecule has 0 radical (unpaired) electrons.